The first-order chi connectivity index (χ1) is 16.8. The number of ether oxygens (including phenoxy) is 2. The van der Waals surface area contributed by atoms with Gasteiger partial charge in [-0.1, -0.05) is 12.1 Å². The molecule has 1 aromatic heterocycles. The number of nitrogens with one attached hydrogen (secondary N) is 1. The summed E-state index contributed by atoms with van der Waals surface area (Å²) in [5.74, 6) is 1.68. The minimum Gasteiger partial charge on any atom is -0.493 e. The lowest BCUT2D eigenvalue weighted by molar-refractivity contribution is -0.137. The first kappa shape index (κ1) is 24.3. The molecule has 0 atom stereocenters. The van der Waals surface area contributed by atoms with Crippen molar-refractivity contribution in [3.63, 3.8) is 0 Å². The van der Waals surface area contributed by atoms with Crippen LogP contribution < -0.4 is 19.7 Å². The Bertz CT molecular complexity index is 1190. The first-order valence-corrected chi connectivity index (χ1v) is 11.1. The summed E-state index contributed by atoms with van der Waals surface area (Å²) >= 11 is 0. The number of alkyl halides is 3. The number of amides is 1. The molecule has 4 rings (SSSR count). The van der Waals surface area contributed by atoms with E-state index >= 15 is 0 Å². The van der Waals surface area contributed by atoms with E-state index in [4.69, 9.17) is 14.5 Å². The number of hydrogen-bond donors (Lipinski definition) is 1. The van der Waals surface area contributed by atoms with Crippen LogP contribution in [0.2, 0.25) is 0 Å². The lowest BCUT2D eigenvalue weighted by Crippen LogP contribution is -2.28. The van der Waals surface area contributed by atoms with Crippen molar-refractivity contribution in [3.8, 4) is 22.9 Å². The standard InChI is InChI=1S/C25H25F3N4O3/c1-34-20-10-7-17(13-21(20)35-2)22-29-15-19(23(31-22)32-11-3-4-12-32)24(33)30-14-16-5-8-18(9-6-16)25(26,27)28/h5-10,13,15H,3-4,11-12,14H2,1-2H3,(H,30,33). The molecule has 0 aliphatic carbocycles. The summed E-state index contributed by atoms with van der Waals surface area (Å²) in [5, 5.41) is 2.77. The van der Waals surface area contributed by atoms with Gasteiger partial charge in [0.2, 0.25) is 0 Å². The second-order valence-electron chi connectivity index (χ2n) is 8.07. The third-order valence-corrected chi connectivity index (χ3v) is 5.79. The van der Waals surface area contributed by atoms with Crippen LogP contribution in [0.1, 0.15) is 34.3 Å². The van der Waals surface area contributed by atoms with Gasteiger partial charge in [0.1, 0.15) is 11.4 Å². The summed E-state index contributed by atoms with van der Waals surface area (Å²) in [4.78, 5) is 24.2. The summed E-state index contributed by atoms with van der Waals surface area (Å²) in [6, 6.07) is 10.0. The second kappa shape index (κ2) is 10.2. The smallest absolute Gasteiger partial charge is 0.416 e. The van der Waals surface area contributed by atoms with Crippen LogP contribution in [0, 0.1) is 0 Å². The van der Waals surface area contributed by atoms with E-state index in [9.17, 15) is 18.0 Å². The zero-order chi connectivity index (χ0) is 25.0. The highest BCUT2D eigenvalue weighted by molar-refractivity contribution is 5.99. The second-order valence-corrected chi connectivity index (χ2v) is 8.07. The Hall–Kier alpha value is -3.82. The molecule has 0 bridgehead atoms. The number of benzene rings is 2. The highest BCUT2D eigenvalue weighted by atomic mass is 19.4. The Kier molecular flexibility index (Phi) is 7.09. The van der Waals surface area contributed by atoms with Crippen molar-refractivity contribution >= 4 is 11.7 Å². The van der Waals surface area contributed by atoms with Gasteiger partial charge in [-0.2, -0.15) is 13.2 Å². The Balaban J connectivity index is 1.58. The van der Waals surface area contributed by atoms with Crippen LogP contribution in [0.3, 0.4) is 0 Å². The molecular weight excluding hydrogens is 461 g/mol. The van der Waals surface area contributed by atoms with Crippen molar-refractivity contribution in [2.75, 3.05) is 32.2 Å². The van der Waals surface area contributed by atoms with Crippen LogP contribution in [0.15, 0.2) is 48.7 Å². The van der Waals surface area contributed by atoms with Crippen molar-refractivity contribution in [2.24, 2.45) is 0 Å². The van der Waals surface area contributed by atoms with E-state index in [2.05, 4.69) is 10.3 Å². The van der Waals surface area contributed by atoms with Crippen LogP contribution in [-0.4, -0.2) is 43.2 Å². The van der Waals surface area contributed by atoms with E-state index in [1.54, 1.807) is 26.4 Å². The lowest BCUT2D eigenvalue weighted by Gasteiger charge is -2.20. The Morgan fingerprint density at radius 3 is 2.34 bits per heavy atom. The van der Waals surface area contributed by atoms with Crippen molar-refractivity contribution in [3.05, 3.63) is 65.4 Å². The van der Waals surface area contributed by atoms with Crippen LogP contribution >= 0.6 is 0 Å². The number of hydrogen-bond acceptors (Lipinski definition) is 6. The number of aromatic nitrogens is 2. The number of halogens is 3. The first-order valence-electron chi connectivity index (χ1n) is 11.1. The van der Waals surface area contributed by atoms with Gasteiger partial charge in [-0.3, -0.25) is 4.79 Å². The monoisotopic (exact) mass is 486 g/mol. The summed E-state index contributed by atoms with van der Waals surface area (Å²) in [6.07, 6.45) is -0.946. The van der Waals surface area contributed by atoms with Crippen molar-refractivity contribution in [2.45, 2.75) is 25.6 Å². The molecule has 10 heteroatoms. The van der Waals surface area contributed by atoms with Gasteiger partial charge >= 0.3 is 6.18 Å². The molecule has 3 aromatic rings. The lowest BCUT2D eigenvalue weighted by atomic mass is 10.1. The summed E-state index contributed by atoms with van der Waals surface area (Å²) in [7, 11) is 3.10. The molecule has 1 N–H and O–H groups in total. The molecule has 2 aromatic carbocycles. The van der Waals surface area contributed by atoms with Crippen molar-refractivity contribution < 1.29 is 27.4 Å². The quantitative estimate of drug-likeness (QED) is 0.521. The fraction of sp³-hybridized carbons (Fsp3) is 0.320. The van der Waals surface area contributed by atoms with Gasteiger partial charge in [0.05, 0.1) is 19.8 Å². The fourth-order valence-electron chi connectivity index (χ4n) is 3.91. The third kappa shape index (κ3) is 5.47. The maximum Gasteiger partial charge on any atom is 0.416 e. The fourth-order valence-corrected chi connectivity index (χ4v) is 3.91. The van der Waals surface area contributed by atoms with Gasteiger partial charge in [0.15, 0.2) is 17.3 Å². The average molecular weight is 486 g/mol. The van der Waals surface area contributed by atoms with E-state index in [1.165, 1.54) is 18.3 Å². The molecule has 1 saturated heterocycles. The number of rotatable bonds is 7. The van der Waals surface area contributed by atoms with E-state index in [1.807, 2.05) is 11.0 Å². The molecule has 2 heterocycles. The minimum atomic E-state index is -4.40. The summed E-state index contributed by atoms with van der Waals surface area (Å²) in [5.41, 5.74) is 0.836. The van der Waals surface area contributed by atoms with Gasteiger partial charge in [0, 0.05) is 31.4 Å². The summed E-state index contributed by atoms with van der Waals surface area (Å²) in [6.45, 7) is 1.61. The maximum atomic E-state index is 13.0. The third-order valence-electron chi connectivity index (χ3n) is 5.79. The molecule has 1 aliphatic heterocycles. The van der Waals surface area contributed by atoms with Crippen LogP contribution in [0.4, 0.5) is 19.0 Å². The zero-order valence-electron chi connectivity index (χ0n) is 19.4. The number of carbonyl (C=O) groups excluding carboxylic acids is 1. The highest BCUT2D eigenvalue weighted by Gasteiger charge is 2.30. The number of carbonyl (C=O) groups is 1. The van der Waals surface area contributed by atoms with Crippen molar-refractivity contribution in [1.29, 1.82) is 0 Å². The number of nitrogens with zero attached hydrogens (tertiary/aromatic N) is 3. The minimum absolute atomic E-state index is 0.0772. The van der Waals surface area contributed by atoms with Crippen LogP contribution in [0.25, 0.3) is 11.4 Å². The van der Waals surface area contributed by atoms with E-state index in [0.29, 0.717) is 39.8 Å². The molecular formula is C25H25F3N4O3. The molecule has 1 aliphatic rings. The predicted molar refractivity (Wildman–Crippen MR) is 125 cm³/mol. The molecule has 0 saturated carbocycles. The molecule has 1 fully saturated rings. The van der Waals surface area contributed by atoms with Gasteiger partial charge in [-0.15, -0.1) is 0 Å². The van der Waals surface area contributed by atoms with Gasteiger partial charge in [0.25, 0.3) is 5.91 Å². The van der Waals surface area contributed by atoms with E-state index in [0.717, 1.165) is 38.1 Å². The molecule has 184 valence electrons. The molecule has 7 nitrogen and oxygen atoms in total. The van der Waals surface area contributed by atoms with E-state index in [-0.39, 0.29) is 6.54 Å². The zero-order valence-corrected chi connectivity index (χ0v) is 19.4. The SMILES string of the molecule is COc1ccc(-c2ncc(C(=O)NCc3ccc(C(F)(F)F)cc3)c(N3CCCC3)n2)cc1OC. The molecule has 35 heavy (non-hydrogen) atoms. The Labute approximate surface area is 200 Å². The predicted octanol–water partition coefficient (Wildman–Crippen LogP) is 4.71. The Morgan fingerprint density at radius 2 is 1.71 bits per heavy atom. The van der Waals surface area contributed by atoms with Gasteiger partial charge < -0.3 is 19.7 Å². The van der Waals surface area contributed by atoms with Gasteiger partial charge in [-0.05, 0) is 48.7 Å². The number of methoxy groups -OCH3 is 2. The molecule has 0 radical (unpaired) electrons. The molecule has 0 spiro atoms. The summed E-state index contributed by atoms with van der Waals surface area (Å²) < 4.78 is 49.0. The average Bonchev–Trinajstić information content (AvgIpc) is 3.41. The van der Waals surface area contributed by atoms with Crippen molar-refractivity contribution in [1.82, 2.24) is 15.3 Å². The maximum absolute atomic E-state index is 13.0. The van der Waals surface area contributed by atoms with Gasteiger partial charge in [-0.25, -0.2) is 9.97 Å². The molecule has 0 unspecified atom stereocenters. The van der Waals surface area contributed by atoms with Crippen LogP contribution in [-0.2, 0) is 12.7 Å². The number of anilines is 1. The highest BCUT2D eigenvalue weighted by Crippen LogP contribution is 2.33. The van der Waals surface area contributed by atoms with E-state index < -0.39 is 17.6 Å². The molecule has 1 amide bonds. The Morgan fingerprint density at radius 1 is 1.03 bits per heavy atom. The topological polar surface area (TPSA) is 76.6 Å². The van der Waals surface area contributed by atoms with Crippen LogP contribution in [0.5, 0.6) is 11.5 Å². The normalized spacial score (nSPS) is 13.6. The largest absolute Gasteiger partial charge is 0.493 e.